The molecule has 0 bridgehead atoms. The summed E-state index contributed by atoms with van der Waals surface area (Å²) in [6, 6.07) is 7.99. The number of Topliss-reactive ketones (excluding diaryl/α,β-unsaturated/α-hetero) is 1. The van der Waals surface area contributed by atoms with E-state index in [1.54, 1.807) is 6.92 Å². The fourth-order valence-corrected chi connectivity index (χ4v) is 2.55. The van der Waals surface area contributed by atoms with Crippen LogP contribution >= 0.6 is 0 Å². The van der Waals surface area contributed by atoms with Crippen LogP contribution in [0.2, 0.25) is 0 Å². The predicted octanol–water partition coefficient (Wildman–Crippen LogP) is 3.52. The summed E-state index contributed by atoms with van der Waals surface area (Å²) in [5.41, 5.74) is 2.44. The van der Waals surface area contributed by atoms with Gasteiger partial charge in [-0.25, -0.2) is 0 Å². The normalized spacial score (nSPS) is 19.1. The maximum absolute atomic E-state index is 11.2. The number of hydrogen-bond acceptors (Lipinski definition) is 2. The van der Waals surface area contributed by atoms with Gasteiger partial charge in [-0.05, 0) is 49.4 Å². The summed E-state index contributed by atoms with van der Waals surface area (Å²) >= 11 is 0. The number of hydrogen-bond donors (Lipinski definition) is 0. The molecule has 0 saturated carbocycles. The fourth-order valence-electron chi connectivity index (χ4n) is 2.55. The Morgan fingerprint density at radius 2 is 1.88 bits per heavy atom. The van der Waals surface area contributed by atoms with Gasteiger partial charge in [0.05, 0.1) is 0 Å². The lowest BCUT2D eigenvalue weighted by Crippen LogP contribution is -2.40. The Hall–Kier alpha value is -1.31. The van der Waals surface area contributed by atoms with Gasteiger partial charge in [0, 0.05) is 24.3 Å². The standard InChI is InChI=1S/C15H21NO/c1-12(17)13-5-7-14(8-6-13)16-10-4-9-15(2,3)11-16/h5-8H,4,9-11H2,1-3H3. The Kier molecular flexibility index (Phi) is 3.23. The SMILES string of the molecule is CC(=O)c1ccc(N2CCCC(C)(C)C2)cc1. The predicted molar refractivity (Wildman–Crippen MR) is 71.7 cm³/mol. The molecule has 1 heterocycles. The number of anilines is 1. The third-order valence-corrected chi connectivity index (χ3v) is 3.54. The van der Waals surface area contributed by atoms with Gasteiger partial charge in [0.25, 0.3) is 0 Å². The zero-order valence-electron chi connectivity index (χ0n) is 11.0. The van der Waals surface area contributed by atoms with Crippen LogP contribution in [0.3, 0.4) is 0 Å². The van der Waals surface area contributed by atoms with Gasteiger partial charge in [-0.2, -0.15) is 0 Å². The highest BCUT2D eigenvalue weighted by molar-refractivity contribution is 5.94. The van der Waals surface area contributed by atoms with Gasteiger partial charge in [-0.3, -0.25) is 4.79 Å². The van der Waals surface area contributed by atoms with Crippen LogP contribution in [0.1, 0.15) is 44.0 Å². The Bertz CT molecular complexity index is 405. The number of rotatable bonds is 2. The van der Waals surface area contributed by atoms with Crippen molar-refractivity contribution < 1.29 is 4.79 Å². The van der Waals surface area contributed by atoms with Crippen molar-refractivity contribution in [1.82, 2.24) is 0 Å². The van der Waals surface area contributed by atoms with Crippen molar-refractivity contribution in [2.24, 2.45) is 5.41 Å². The quantitative estimate of drug-likeness (QED) is 0.726. The molecule has 92 valence electrons. The second-order valence-electron chi connectivity index (χ2n) is 5.79. The first-order valence-electron chi connectivity index (χ1n) is 6.34. The van der Waals surface area contributed by atoms with Gasteiger partial charge < -0.3 is 4.90 Å². The molecule has 0 atom stereocenters. The first kappa shape index (κ1) is 12.2. The van der Waals surface area contributed by atoms with Crippen molar-refractivity contribution in [3.05, 3.63) is 29.8 Å². The Balaban J connectivity index is 2.14. The van der Waals surface area contributed by atoms with Crippen molar-refractivity contribution in [3.8, 4) is 0 Å². The molecule has 0 aromatic heterocycles. The maximum Gasteiger partial charge on any atom is 0.159 e. The van der Waals surface area contributed by atoms with Crippen molar-refractivity contribution in [3.63, 3.8) is 0 Å². The zero-order valence-corrected chi connectivity index (χ0v) is 11.0. The number of ketones is 1. The molecule has 1 aliphatic heterocycles. The summed E-state index contributed by atoms with van der Waals surface area (Å²) in [5.74, 6) is 0.135. The van der Waals surface area contributed by atoms with E-state index < -0.39 is 0 Å². The lowest BCUT2D eigenvalue weighted by molar-refractivity contribution is 0.101. The minimum atomic E-state index is 0.135. The number of carbonyl (C=O) groups is 1. The average Bonchev–Trinajstić information content (AvgIpc) is 2.28. The van der Waals surface area contributed by atoms with Gasteiger partial charge in [0.2, 0.25) is 0 Å². The van der Waals surface area contributed by atoms with Crippen LogP contribution in [0.25, 0.3) is 0 Å². The second kappa shape index (κ2) is 4.52. The molecule has 2 heteroatoms. The van der Waals surface area contributed by atoms with Crippen LogP contribution in [0.4, 0.5) is 5.69 Å². The van der Waals surface area contributed by atoms with Crippen molar-refractivity contribution in [2.45, 2.75) is 33.6 Å². The Morgan fingerprint density at radius 1 is 1.24 bits per heavy atom. The largest absolute Gasteiger partial charge is 0.371 e. The minimum absolute atomic E-state index is 0.135. The molecule has 17 heavy (non-hydrogen) atoms. The lowest BCUT2D eigenvalue weighted by atomic mass is 9.84. The van der Waals surface area contributed by atoms with Crippen LogP contribution < -0.4 is 4.90 Å². The van der Waals surface area contributed by atoms with Crippen molar-refractivity contribution in [1.29, 1.82) is 0 Å². The molecule has 1 saturated heterocycles. The molecule has 2 rings (SSSR count). The van der Waals surface area contributed by atoms with E-state index >= 15 is 0 Å². The van der Waals surface area contributed by atoms with Crippen molar-refractivity contribution in [2.75, 3.05) is 18.0 Å². The molecule has 0 amide bonds. The third-order valence-electron chi connectivity index (χ3n) is 3.54. The molecule has 1 aromatic carbocycles. The first-order valence-corrected chi connectivity index (χ1v) is 6.34. The average molecular weight is 231 g/mol. The molecular weight excluding hydrogens is 210 g/mol. The fraction of sp³-hybridized carbons (Fsp3) is 0.533. The van der Waals surface area contributed by atoms with E-state index in [1.165, 1.54) is 18.5 Å². The molecule has 0 radical (unpaired) electrons. The van der Waals surface area contributed by atoms with Crippen LogP contribution in [0.5, 0.6) is 0 Å². The second-order valence-corrected chi connectivity index (χ2v) is 5.79. The zero-order chi connectivity index (χ0) is 12.5. The van der Waals surface area contributed by atoms with Crippen LogP contribution in [-0.4, -0.2) is 18.9 Å². The molecular formula is C15H21NO. The van der Waals surface area contributed by atoms with Gasteiger partial charge in [-0.15, -0.1) is 0 Å². The van der Waals surface area contributed by atoms with E-state index in [2.05, 4.69) is 30.9 Å². The number of benzene rings is 1. The molecule has 1 aromatic rings. The van der Waals surface area contributed by atoms with Gasteiger partial charge in [0.1, 0.15) is 0 Å². The topological polar surface area (TPSA) is 20.3 Å². The van der Waals surface area contributed by atoms with E-state index in [0.29, 0.717) is 5.41 Å². The van der Waals surface area contributed by atoms with Crippen LogP contribution in [0.15, 0.2) is 24.3 Å². The molecule has 0 unspecified atom stereocenters. The minimum Gasteiger partial charge on any atom is -0.371 e. The van der Waals surface area contributed by atoms with Crippen molar-refractivity contribution >= 4 is 11.5 Å². The van der Waals surface area contributed by atoms with Crippen LogP contribution in [0, 0.1) is 5.41 Å². The third kappa shape index (κ3) is 2.87. The highest BCUT2D eigenvalue weighted by Crippen LogP contribution is 2.31. The summed E-state index contributed by atoms with van der Waals surface area (Å²) in [4.78, 5) is 13.6. The summed E-state index contributed by atoms with van der Waals surface area (Å²) in [7, 11) is 0. The molecule has 0 N–H and O–H groups in total. The van der Waals surface area contributed by atoms with Gasteiger partial charge in [-0.1, -0.05) is 13.8 Å². The summed E-state index contributed by atoms with van der Waals surface area (Å²) in [5, 5.41) is 0. The maximum atomic E-state index is 11.2. The summed E-state index contributed by atoms with van der Waals surface area (Å²) in [6.07, 6.45) is 2.55. The summed E-state index contributed by atoms with van der Waals surface area (Å²) in [6.45, 7) is 8.49. The highest BCUT2D eigenvalue weighted by Gasteiger charge is 2.26. The lowest BCUT2D eigenvalue weighted by Gasteiger charge is -2.39. The first-order chi connectivity index (χ1) is 7.98. The molecule has 0 aliphatic carbocycles. The van der Waals surface area contributed by atoms with E-state index in [-0.39, 0.29) is 5.78 Å². The number of nitrogens with zero attached hydrogens (tertiary/aromatic N) is 1. The molecule has 2 nitrogen and oxygen atoms in total. The molecule has 0 spiro atoms. The van der Waals surface area contributed by atoms with E-state index in [9.17, 15) is 4.79 Å². The van der Waals surface area contributed by atoms with E-state index in [4.69, 9.17) is 0 Å². The van der Waals surface area contributed by atoms with E-state index in [0.717, 1.165) is 18.7 Å². The Labute approximate surface area is 104 Å². The smallest absolute Gasteiger partial charge is 0.159 e. The molecule has 1 fully saturated rings. The highest BCUT2D eigenvalue weighted by atomic mass is 16.1. The molecule has 1 aliphatic rings. The number of carbonyl (C=O) groups excluding carboxylic acids is 1. The monoisotopic (exact) mass is 231 g/mol. The number of piperidine rings is 1. The van der Waals surface area contributed by atoms with Gasteiger partial charge in [0.15, 0.2) is 5.78 Å². The van der Waals surface area contributed by atoms with E-state index in [1.807, 2.05) is 12.1 Å². The van der Waals surface area contributed by atoms with Gasteiger partial charge >= 0.3 is 0 Å². The van der Waals surface area contributed by atoms with Crippen LogP contribution in [-0.2, 0) is 0 Å². The summed E-state index contributed by atoms with van der Waals surface area (Å²) < 4.78 is 0. The Morgan fingerprint density at radius 3 is 2.41 bits per heavy atom.